The fourth-order valence-corrected chi connectivity index (χ4v) is 1.81. The molecule has 4 nitrogen and oxygen atoms in total. The van der Waals surface area contributed by atoms with Crippen LogP contribution in [-0.2, 0) is 0 Å². The molecule has 98 valence electrons. The lowest BCUT2D eigenvalue weighted by Crippen LogP contribution is -2.01. The van der Waals surface area contributed by atoms with Gasteiger partial charge < -0.3 is 10.4 Å². The number of nitrogens with zero attached hydrogens (tertiary/aromatic N) is 1. The van der Waals surface area contributed by atoms with Crippen LogP contribution in [0.1, 0.15) is 15.9 Å². The van der Waals surface area contributed by atoms with E-state index in [1.807, 2.05) is 0 Å². The van der Waals surface area contributed by atoms with Crippen molar-refractivity contribution in [3.05, 3.63) is 52.4 Å². The highest BCUT2D eigenvalue weighted by Crippen LogP contribution is 2.25. The first-order chi connectivity index (χ1) is 8.95. The van der Waals surface area contributed by atoms with Crippen molar-refractivity contribution in [3.8, 4) is 0 Å². The monoisotopic (exact) mass is 280 g/mol. The second-order valence-corrected chi connectivity index (χ2v) is 4.41. The van der Waals surface area contributed by atoms with Gasteiger partial charge in [-0.2, -0.15) is 0 Å². The number of halogens is 2. The normalized spacial score (nSPS) is 10.3. The van der Waals surface area contributed by atoms with Gasteiger partial charge >= 0.3 is 5.97 Å². The van der Waals surface area contributed by atoms with Crippen LogP contribution in [0.3, 0.4) is 0 Å². The molecule has 0 saturated carbocycles. The summed E-state index contributed by atoms with van der Waals surface area (Å²) in [5.74, 6) is -1.21. The molecule has 0 aliphatic heterocycles. The van der Waals surface area contributed by atoms with Crippen molar-refractivity contribution < 1.29 is 14.3 Å². The van der Waals surface area contributed by atoms with Crippen molar-refractivity contribution in [2.45, 2.75) is 6.92 Å². The van der Waals surface area contributed by atoms with E-state index in [-0.39, 0.29) is 22.2 Å². The summed E-state index contributed by atoms with van der Waals surface area (Å²) in [4.78, 5) is 14.7. The van der Waals surface area contributed by atoms with E-state index < -0.39 is 5.97 Å². The molecular formula is C13H10ClFN2O2. The van der Waals surface area contributed by atoms with Crippen LogP contribution < -0.4 is 5.32 Å². The Balaban J connectivity index is 2.30. The summed E-state index contributed by atoms with van der Waals surface area (Å²) in [5, 5.41) is 11.8. The van der Waals surface area contributed by atoms with Crippen LogP contribution in [0.2, 0.25) is 5.02 Å². The van der Waals surface area contributed by atoms with Crippen LogP contribution in [0.25, 0.3) is 0 Å². The number of anilines is 2. The second kappa shape index (κ2) is 5.24. The Morgan fingerprint density at radius 3 is 2.68 bits per heavy atom. The quantitative estimate of drug-likeness (QED) is 0.901. The average Bonchev–Trinajstić information content (AvgIpc) is 2.30. The van der Waals surface area contributed by atoms with E-state index in [0.29, 0.717) is 5.69 Å². The first-order valence-electron chi connectivity index (χ1n) is 5.39. The summed E-state index contributed by atoms with van der Waals surface area (Å²) in [6.45, 7) is 1.76. The average molecular weight is 281 g/mol. The van der Waals surface area contributed by atoms with Crippen molar-refractivity contribution in [1.82, 2.24) is 4.98 Å². The minimum Gasteiger partial charge on any atom is -0.478 e. The van der Waals surface area contributed by atoms with E-state index >= 15 is 0 Å². The number of rotatable bonds is 3. The van der Waals surface area contributed by atoms with Crippen LogP contribution in [0.4, 0.5) is 15.9 Å². The Morgan fingerprint density at radius 2 is 2.11 bits per heavy atom. The molecule has 2 rings (SSSR count). The van der Waals surface area contributed by atoms with Gasteiger partial charge in [-0.25, -0.2) is 14.2 Å². The summed E-state index contributed by atoms with van der Waals surface area (Å²) >= 11 is 5.92. The van der Waals surface area contributed by atoms with E-state index in [0.717, 1.165) is 5.56 Å². The summed E-state index contributed by atoms with van der Waals surface area (Å²) in [6.07, 6.45) is 1.18. The largest absolute Gasteiger partial charge is 0.478 e. The van der Waals surface area contributed by atoms with E-state index in [9.17, 15) is 9.18 Å². The zero-order valence-electron chi connectivity index (χ0n) is 9.95. The van der Waals surface area contributed by atoms with Crippen molar-refractivity contribution >= 4 is 29.1 Å². The summed E-state index contributed by atoms with van der Waals surface area (Å²) in [7, 11) is 0. The molecule has 1 aromatic heterocycles. The molecule has 1 aromatic carbocycles. The smallest absolute Gasteiger partial charge is 0.337 e. The number of carbonyl (C=O) groups is 1. The first-order valence-corrected chi connectivity index (χ1v) is 5.76. The number of carboxylic acid groups (broad SMARTS) is 1. The molecule has 0 bridgehead atoms. The number of hydrogen-bond donors (Lipinski definition) is 2. The van der Waals surface area contributed by atoms with Gasteiger partial charge in [0.05, 0.1) is 10.6 Å². The Morgan fingerprint density at radius 1 is 1.37 bits per heavy atom. The third-order valence-corrected chi connectivity index (χ3v) is 2.68. The van der Waals surface area contributed by atoms with Gasteiger partial charge in [0, 0.05) is 11.9 Å². The van der Waals surface area contributed by atoms with Gasteiger partial charge in [0.1, 0.15) is 11.6 Å². The number of aryl methyl sites for hydroxylation is 1. The highest BCUT2D eigenvalue weighted by Gasteiger charge is 2.09. The van der Waals surface area contributed by atoms with Crippen LogP contribution in [0.5, 0.6) is 0 Å². The number of pyridine rings is 1. The van der Waals surface area contributed by atoms with E-state index in [1.54, 1.807) is 13.0 Å². The zero-order valence-corrected chi connectivity index (χ0v) is 10.7. The van der Waals surface area contributed by atoms with Crippen LogP contribution in [0, 0.1) is 12.7 Å². The van der Waals surface area contributed by atoms with Crippen LogP contribution >= 0.6 is 11.6 Å². The SMILES string of the molecule is Cc1cc(F)cc(Nc2ncc(C(=O)O)cc2Cl)c1. The number of aromatic nitrogens is 1. The molecule has 0 aliphatic rings. The van der Waals surface area contributed by atoms with Crippen molar-refractivity contribution in [2.75, 3.05) is 5.32 Å². The highest BCUT2D eigenvalue weighted by atomic mass is 35.5. The van der Waals surface area contributed by atoms with Gasteiger partial charge in [-0.15, -0.1) is 0 Å². The highest BCUT2D eigenvalue weighted by molar-refractivity contribution is 6.33. The summed E-state index contributed by atoms with van der Waals surface area (Å²) in [6, 6.07) is 5.71. The Labute approximate surface area is 113 Å². The molecule has 0 spiro atoms. The molecule has 0 aliphatic carbocycles. The molecule has 1 heterocycles. The molecular weight excluding hydrogens is 271 g/mol. The Bertz CT molecular complexity index is 626. The Hall–Kier alpha value is -2.14. The molecule has 0 saturated heterocycles. The Kier molecular flexibility index (Phi) is 3.66. The lowest BCUT2D eigenvalue weighted by Gasteiger charge is -2.09. The van der Waals surface area contributed by atoms with E-state index in [2.05, 4.69) is 10.3 Å². The number of aromatic carboxylic acids is 1. The minimum atomic E-state index is -1.11. The van der Waals surface area contributed by atoms with Crippen molar-refractivity contribution in [3.63, 3.8) is 0 Å². The van der Waals surface area contributed by atoms with Gasteiger partial charge in [-0.3, -0.25) is 0 Å². The molecule has 2 N–H and O–H groups in total. The molecule has 0 unspecified atom stereocenters. The first kappa shape index (κ1) is 13.3. The van der Waals surface area contributed by atoms with E-state index in [1.165, 1.54) is 24.4 Å². The van der Waals surface area contributed by atoms with E-state index in [4.69, 9.17) is 16.7 Å². The maximum Gasteiger partial charge on any atom is 0.337 e. The predicted molar refractivity (Wildman–Crippen MR) is 70.6 cm³/mol. The fourth-order valence-electron chi connectivity index (χ4n) is 1.59. The maximum atomic E-state index is 13.2. The topological polar surface area (TPSA) is 62.2 Å². The maximum absolute atomic E-state index is 13.2. The van der Waals surface area contributed by atoms with Gasteiger partial charge in [0.2, 0.25) is 0 Å². The van der Waals surface area contributed by atoms with Gasteiger partial charge in [0.25, 0.3) is 0 Å². The molecule has 0 atom stereocenters. The number of nitrogens with one attached hydrogen (secondary N) is 1. The number of carboxylic acids is 1. The molecule has 0 radical (unpaired) electrons. The second-order valence-electron chi connectivity index (χ2n) is 4.00. The minimum absolute atomic E-state index is 0.00836. The number of hydrogen-bond acceptors (Lipinski definition) is 3. The standard InChI is InChI=1S/C13H10ClFN2O2/c1-7-2-9(15)5-10(3-7)17-12-11(14)4-8(6-16-12)13(18)19/h2-6H,1H3,(H,16,17)(H,18,19). The van der Waals surface area contributed by atoms with Crippen LogP contribution in [-0.4, -0.2) is 16.1 Å². The predicted octanol–water partition coefficient (Wildman–Crippen LogP) is 3.62. The van der Waals surface area contributed by atoms with Gasteiger partial charge in [0.15, 0.2) is 0 Å². The molecule has 0 fully saturated rings. The van der Waals surface area contributed by atoms with Crippen molar-refractivity contribution in [1.29, 1.82) is 0 Å². The third-order valence-electron chi connectivity index (χ3n) is 2.39. The fraction of sp³-hybridized carbons (Fsp3) is 0.0769. The summed E-state index contributed by atoms with van der Waals surface area (Å²) < 4.78 is 13.2. The number of benzene rings is 1. The zero-order chi connectivity index (χ0) is 14.0. The molecule has 2 aromatic rings. The van der Waals surface area contributed by atoms with Gasteiger partial charge in [-0.1, -0.05) is 11.6 Å². The van der Waals surface area contributed by atoms with Crippen LogP contribution in [0.15, 0.2) is 30.5 Å². The molecule has 6 heteroatoms. The van der Waals surface area contributed by atoms with Crippen molar-refractivity contribution in [2.24, 2.45) is 0 Å². The third kappa shape index (κ3) is 3.20. The summed E-state index contributed by atoms with van der Waals surface area (Å²) in [5.41, 5.74) is 1.24. The molecule has 0 amide bonds. The van der Waals surface area contributed by atoms with Gasteiger partial charge in [-0.05, 0) is 36.8 Å². The lowest BCUT2D eigenvalue weighted by atomic mass is 10.2. The molecule has 19 heavy (non-hydrogen) atoms. The lowest BCUT2D eigenvalue weighted by molar-refractivity contribution is 0.0696.